The number of amides is 1. The van der Waals surface area contributed by atoms with Crippen LogP contribution in [0.5, 0.6) is 5.75 Å². The highest BCUT2D eigenvalue weighted by atomic mass is 16.6. The second-order valence-electron chi connectivity index (χ2n) is 8.13. The maximum atomic E-state index is 12.5. The molecule has 1 aliphatic rings. The first-order valence-corrected chi connectivity index (χ1v) is 10.4. The molecule has 31 heavy (non-hydrogen) atoms. The minimum atomic E-state index is -0.458. The summed E-state index contributed by atoms with van der Waals surface area (Å²) in [6.07, 6.45) is 0. The number of nitro benzene ring substituents is 1. The first-order chi connectivity index (χ1) is 14.8. The molecule has 0 unspecified atom stereocenters. The first kappa shape index (κ1) is 22.7. The number of methoxy groups -OCH3 is 1. The molecule has 0 saturated carbocycles. The third kappa shape index (κ3) is 5.80. The van der Waals surface area contributed by atoms with Crippen molar-refractivity contribution in [2.75, 3.05) is 45.2 Å². The molecule has 0 spiro atoms. The van der Waals surface area contributed by atoms with Gasteiger partial charge in [0.1, 0.15) is 11.4 Å². The summed E-state index contributed by atoms with van der Waals surface area (Å²) < 4.78 is 5.48. The van der Waals surface area contributed by atoms with Crippen LogP contribution in [0.25, 0.3) is 0 Å². The Morgan fingerprint density at radius 2 is 1.71 bits per heavy atom. The Kier molecular flexibility index (Phi) is 7.25. The van der Waals surface area contributed by atoms with Gasteiger partial charge in [-0.15, -0.1) is 0 Å². The Morgan fingerprint density at radius 3 is 2.35 bits per heavy atom. The number of nitrogens with one attached hydrogen (secondary N) is 1. The fraction of sp³-hybridized carbons (Fsp3) is 0.435. The van der Waals surface area contributed by atoms with Gasteiger partial charge in [0.2, 0.25) is 5.91 Å². The number of hydrogen-bond acceptors (Lipinski definition) is 6. The number of anilines is 1. The van der Waals surface area contributed by atoms with E-state index < -0.39 is 4.92 Å². The van der Waals surface area contributed by atoms with E-state index in [9.17, 15) is 14.9 Å². The highest BCUT2D eigenvalue weighted by Gasteiger charge is 2.22. The molecule has 1 amide bonds. The van der Waals surface area contributed by atoms with E-state index in [1.807, 2.05) is 26.0 Å². The molecule has 0 aromatic heterocycles. The zero-order valence-corrected chi connectivity index (χ0v) is 18.6. The topological polar surface area (TPSA) is 88.0 Å². The van der Waals surface area contributed by atoms with Gasteiger partial charge < -0.3 is 10.1 Å². The van der Waals surface area contributed by atoms with Crippen LogP contribution in [0.4, 0.5) is 11.4 Å². The SMILES string of the molecule is COc1ccc(C)cc1CN1CCN(CC(=O)Nc2cc(C)c(C)cc2[N+](=O)[O-])CC1. The lowest BCUT2D eigenvalue weighted by Gasteiger charge is -2.34. The lowest BCUT2D eigenvalue weighted by atomic mass is 10.1. The van der Waals surface area contributed by atoms with Gasteiger partial charge in [-0.3, -0.25) is 24.7 Å². The van der Waals surface area contributed by atoms with E-state index in [4.69, 9.17) is 4.74 Å². The monoisotopic (exact) mass is 426 g/mol. The average Bonchev–Trinajstić information content (AvgIpc) is 2.72. The molecule has 3 rings (SSSR count). The van der Waals surface area contributed by atoms with Gasteiger partial charge in [0, 0.05) is 44.4 Å². The smallest absolute Gasteiger partial charge is 0.293 e. The third-order valence-corrected chi connectivity index (χ3v) is 5.74. The summed E-state index contributed by atoms with van der Waals surface area (Å²) in [6.45, 7) is 9.98. The van der Waals surface area contributed by atoms with Crippen LogP contribution in [-0.4, -0.2) is 60.5 Å². The van der Waals surface area contributed by atoms with Crippen molar-refractivity contribution in [2.24, 2.45) is 0 Å². The highest BCUT2D eigenvalue weighted by molar-refractivity contribution is 5.94. The number of piperazine rings is 1. The van der Waals surface area contributed by atoms with Gasteiger partial charge in [-0.25, -0.2) is 0 Å². The van der Waals surface area contributed by atoms with Crippen LogP contribution < -0.4 is 10.1 Å². The van der Waals surface area contributed by atoms with Crippen molar-refractivity contribution in [1.29, 1.82) is 0 Å². The zero-order valence-electron chi connectivity index (χ0n) is 18.6. The molecule has 0 bridgehead atoms. The molecule has 0 atom stereocenters. The van der Waals surface area contributed by atoms with E-state index in [-0.39, 0.29) is 23.8 Å². The molecule has 1 fully saturated rings. The summed E-state index contributed by atoms with van der Waals surface area (Å²) in [5.41, 5.74) is 4.27. The predicted molar refractivity (Wildman–Crippen MR) is 121 cm³/mol. The van der Waals surface area contributed by atoms with Gasteiger partial charge in [0.15, 0.2) is 0 Å². The van der Waals surface area contributed by atoms with E-state index in [1.54, 1.807) is 13.2 Å². The number of nitro groups is 1. The fourth-order valence-electron chi connectivity index (χ4n) is 3.82. The van der Waals surface area contributed by atoms with Crippen LogP contribution >= 0.6 is 0 Å². The molecule has 8 nitrogen and oxygen atoms in total. The maximum absolute atomic E-state index is 12.5. The predicted octanol–water partition coefficient (Wildman–Crippen LogP) is 3.28. The molecule has 1 aliphatic heterocycles. The van der Waals surface area contributed by atoms with E-state index in [1.165, 1.54) is 11.6 Å². The number of hydrogen-bond donors (Lipinski definition) is 1. The lowest BCUT2D eigenvalue weighted by Crippen LogP contribution is -2.48. The number of nitrogens with zero attached hydrogens (tertiary/aromatic N) is 3. The van der Waals surface area contributed by atoms with E-state index in [2.05, 4.69) is 28.1 Å². The number of benzene rings is 2. The largest absolute Gasteiger partial charge is 0.496 e. The molecule has 2 aromatic rings. The van der Waals surface area contributed by atoms with Crippen molar-refractivity contribution in [3.8, 4) is 5.75 Å². The van der Waals surface area contributed by atoms with Crippen LogP contribution in [-0.2, 0) is 11.3 Å². The number of rotatable bonds is 7. The normalized spacial score (nSPS) is 15.0. The van der Waals surface area contributed by atoms with Gasteiger partial charge in [-0.2, -0.15) is 0 Å². The molecular weight excluding hydrogens is 396 g/mol. The minimum Gasteiger partial charge on any atom is -0.496 e. The minimum absolute atomic E-state index is 0.0756. The molecule has 0 aliphatic carbocycles. The summed E-state index contributed by atoms with van der Waals surface area (Å²) in [5.74, 6) is 0.655. The fourth-order valence-corrected chi connectivity index (χ4v) is 3.82. The molecule has 1 saturated heterocycles. The Hall–Kier alpha value is -2.97. The molecule has 166 valence electrons. The van der Waals surface area contributed by atoms with Crippen LogP contribution in [0.2, 0.25) is 0 Å². The average molecular weight is 427 g/mol. The second-order valence-corrected chi connectivity index (χ2v) is 8.13. The Balaban J connectivity index is 1.55. The van der Waals surface area contributed by atoms with E-state index in [0.717, 1.165) is 55.2 Å². The number of carbonyl (C=O) groups excluding carboxylic acids is 1. The number of ether oxygens (including phenoxy) is 1. The number of carbonyl (C=O) groups is 1. The van der Waals surface area contributed by atoms with Crippen molar-refractivity contribution in [3.63, 3.8) is 0 Å². The van der Waals surface area contributed by atoms with Crippen LogP contribution in [0.15, 0.2) is 30.3 Å². The van der Waals surface area contributed by atoms with Crippen LogP contribution in [0.1, 0.15) is 22.3 Å². The molecule has 0 radical (unpaired) electrons. The maximum Gasteiger partial charge on any atom is 0.293 e. The molecular formula is C23H30N4O4. The molecule has 1 heterocycles. The first-order valence-electron chi connectivity index (χ1n) is 10.4. The number of aryl methyl sites for hydroxylation is 3. The summed E-state index contributed by atoms with van der Waals surface area (Å²) >= 11 is 0. The molecule has 8 heteroatoms. The quantitative estimate of drug-likeness (QED) is 0.540. The molecule has 2 aromatic carbocycles. The summed E-state index contributed by atoms with van der Waals surface area (Å²) in [5, 5.41) is 14.1. The standard InChI is InChI=1S/C23H30N4O4/c1-16-5-6-22(31-4)19(11-16)14-25-7-9-26(10-8-25)15-23(28)24-20-12-17(2)18(3)13-21(20)27(29)30/h5-6,11-13H,7-10,14-15H2,1-4H3,(H,24,28). The van der Waals surface area contributed by atoms with Gasteiger partial charge in [-0.05, 0) is 44.0 Å². The third-order valence-electron chi connectivity index (χ3n) is 5.74. The van der Waals surface area contributed by atoms with E-state index >= 15 is 0 Å². The van der Waals surface area contributed by atoms with Crippen LogP contribution in [0, 0.1) is 30.9 Å². The van der Waals surface area contributed by atoms with Gasteiger partial charge in [-0.1, -0.05) is 17.7 Å². The second kappa shape index (κ2) is 9.89. The highest BCUT2D eigenvalue weighted by Crippen LogP contribution is 2.28. The Morgan fingerprint density at radius 1 is 1.06 bits per heavy atom. The van der Waals surface area contributed by atoms with E-state index in [0.29, 0.717) is 0 Å². The lowest BCUT2D eigenvalue weighted by molar-refractivity contribution is -0.384. The van der Waals surface area contributed by atoms with Crippen LogP contribution in [0.3, 0.4) is 0 Å². The van der Waals surface area contributed by atoms with Gasteiger partial charge in [0.05, 0.1) is 18.6 Å². The van der Waals surface area contributed by atoms with Crippen molar-refractivity contribution >= 4 is 17.3 Å². The zero-order chi connectivity index (χ0) is 22.5. The van der Waals surface area contributed by atoms with Crippen molar-refractivity contribution < 1.29 is 14.5 Å². The Bertz CT molecular complexity index is 968. The molecule has 1 N–H and O–H groups in total. The van der Waals surface area contributed by atoms with Crippen molar-refractivity contribution in [3.05, 3.63) is 62.7 Å². The summed E-state index contributed by atoms with van der Waals surface area (Å²) in [7, 11) is 1.69. The summed E-state index contributed by atoms with van der Waals surface area (Å²) in [6, 6.07) is 9.35. The van der Waals surface area contributed by atoms with Gasteiger partial charge in [0.25, 0.3) is 5.69 Å². The van der Waals surface area contributed by atoms with Crippen molar-refractivity contribution in [1.82, 2.24) is 9.80 Å². The summed E-state index contributed by atoms with van der Waals surface area (Å²) in [4.78, 5) is 27.8. The Labute approximate surface area is 182 Å². The van der Waals surface area contributed by atoms with Gasteiger partial charge >= 0.3 is 0 Å². The van der Waals surface area contributed by atoms with Crippen molar-refractivity contribution in [2.45, 2.75) is 27.3 Å².